The molecule has 5 nitrogen and oxygen atoms in total. The van der Waals surface area contributed by atoms with E-state index in [2.05, 4.69) is 6.92 Å². The fourth-order valence-corrected chi connectivity index (χ4v) is 5.12. The van der Waals surface area contributed by atoms with Crippen LogP contribution in [0.2, 0.25) is 0 Å². The minimum atomic E-state index is -0.330. The summed E-state index contributed by atoms with van der Waals surface area (Å²) in [7, 11) is 0. The van der Waals surface area contributed by atoms with Gasteiger partial charge < -0.3 is 9.47 Å². The van der Waals surface area contributed by atoms with Gasteiger partial charge in [0.15, 0.2) is 11.4 Å². The van der Waals surface area contributed by atoms with Crippen molar-refractivity contribution < 1.29 is 13.9 Å². The van der Waals surface area contributed by atoms with Gasteiger partial charge in [-0.05, 0) is 24.3 Å². The van der Waals surface area contributed by atoms with Gasteiger partial charge in [-0.15, -0.1) is 11.8 Å². The highest BCUT2D eigenvalue weighted by Gasteiger charge is 2.27. The summed E-state index contributed by atoms with van der Waals surface area (Å²) >= 11 is 3.07. The van der Waals surface area contributed by atoms with Gasteiger partial charge in [0.1, 0.15) is 5.82 Å². The zero-order valence-electron chi connectivity index (χ0n) is 14.3. The molecule has 2 aliphatic heterocycles. The van der Waals surface area contributed by atoms with Gasteiger partial charge in [-0.2, -0.15) is 0 Å². The molecule has 0 bridgehead atoms. The highest BCUT2D eigenvalue weighted by Crippen LogP contribution is 2.35. The van der Waals surface area contributed by atoms with Crippen LogP contribution >= 0.6 is 23.5 Å². The molecule has 0 radical (unpaired) electrons. The fourth-order valence-electron chi connectivity index (χ4n) is 3.03. The Balaban J connectivity index is 1.66. The van der Waals surface area contributed by atoms with E-state index in [9.17, 15) is 9.18 Å². The molecule has 1 fully saturated rings. The zero-order valence-corrected chi connectivity index (χ0v) is 15.9. The maximum atomic E-state index is 13.3. The number of benzene rings is 1. The minimum Gasteiger partial charge on any atom is -0.350 e. The molecule has 0 N–H and O–H groups in total. The monoisotopic (exact) mass is 394 g/mol. The summed E-state index contributed by atoms with van der Waals surface area (Å²) in [6, 6.07) is 5.95. The molecule has 3 heterocycles. The molecule has 1 aromatic carbocycles. The Labute approximate surface area is 159 Å². The van der Waals surface area contributed by atoms with E-state index in [-0.39, 0.29) is 17.7 Å². The van der Waals surface area contributed by atoms with Gasteiger partial charge in [0.25, 0.3) is 5.56 Å². The van der Waals surface area contributed by atoms with Crippen LogP contribution in [0.25, 0.3) is 5.69 Å². The Kier molecular flexibility index (Phi) is 5.35. The number of hydrogen-bond donors (Lipinski definition) is 0. The highest BCUT2D eigenvalue weighted by atomic mass is 32.2. The van der Waals surface area contributed by atoms with Crippen LogP contribution < -0.4 is 5.56 Å². The van der Waals surface area contributed by atoms with Crippen molar-refractivity contribution in [2.75, 3.05) is 19.0 Å². The third-order valence-corrected chi connectivity index (χ3v) is 6.43. The Bertz CT molecular complexity index is 851. The van der Waals surface area contributed by atoms with E-state index in [4.69, 9.17) is 14.5 Å². The van der Waals surface area contributed by atoms with Gasteiger partial charge in [-0.25, -0.2) is 9.37 Å². The quantitative estimate of drug-likeness (QED) is 0.573. The molecule has 0 saturated carbocycles. The van der Waals surface area contributed by atoms with Gasteiger partial charge in [0, 0.05) is 23.8 Å². The SMILES string of the molecule is CC1Cc2nc(SCCC3OCCO3)n(-c3ccc(F)cc3)c(=O)c2S1. The fraction of sp³-hybridized carbons (Fsp3) is 0.444. The molecule has 0 amide bonds. The van der Waals surface area contributed by atoms with Crippen molar-refractivity contribution in [2.45, 2.75) is 41.4 Å². The molecule has 1 saturated heterocycles. The normalized spacial score (nSPS) is 19.8. The molecular formula is C18H19FN2O3S2. The molecule has 138 valence electrons. The largest absolute Gasteiger partial charge is 0.350 e. The van der Waals surface area contributed by atoms with Gasteiger partial charge in [0.2, 0.25) is 0 Å². The van der Waals surface area contributed by atoms with Crippen molar-refractivity contribution in [3.63, 3.8) is 0 Å². The summed E-state index contributed by atoms with van der Waals surface area (Å²) in [6.07, 6.45) is 1.34. The summed E-state index contributed by atoms with van der Waals surface area (Å²) in [5, 5.41) is 0.973. The molecular weight excluding hydrogens is 375 g/mol. The standard InChI is InChI=1S/C18H19FN2O3S2/c1-11-10-14-16(26-11)17(22)21(13-4-2-12(19)3-5-13)18(20-14)25-9-6-15-23-7-8-24-15/h2-5,11,15H,6-10H2,1H3. The number of fused-ring (bicyclic) bond motifs is 1. The van der Waals surface area contributed by atoms with Crippen molar-refractivity contribution in [3.05, 3.63) is 46.1 Å². The molecule has 4 rings (SSSR count). The van der Waals surface area contributed by atoms with Crippen LogP contribution in [0.4, 0.5) is 4.39 Å². The van der Waals surface area contributed by atoms with Gasteiger partial charge in [0.05, 0.1) is 29.5 Å². The molecule has 2 aromatic rings. The van der Waals surface area contributed by atoms with Crippen molar-refractivity contribution in [3.8, 4) is 5.69 Å². The van der Waals surface area contributed by atoms with Crippen LogP contribution in [0.3, 0.4) is 0 Å². The second kappa shape index (κ2) is 7.72. The molecule has 1 unspecified atom stereocenters. The molecule has 1 atom stereocenters. The van der Waals surface area contributed by atoms with Crippen LogP contribution in [0.1, 0.15) is 19.0 Å². The number of aromatic nitrogens is 2. The Morgan fingerprint density at radius 2 is 2.04 bits per heavy atom. The number of halogens is 1. The summed E-state index contributed by atoms with van der Waals surface area (Å²) in [5.74, 6) is 0.392. The van der Waals surface area contributed by atoms with Crippen LogP contribution in [0.5, 0.6) is 0 Å². The van der Waals surface area contributed by atoms with E-state index in [0.29, 0.717) is 34.2 Å². The van der Waals surface area contributed by atoms with E-state index in [1.807, 2.05) is 0 Å². The van der Waals surface area contributed by atoms with Crippen LogP contribution in [-0.2, 0) is 15.9 Å². The average Bonchev–Trinajstić information content (AvgIpc) is 3.26. The zero-order chi connectivity index (χ0) is 18.1. The van der Waals surface area contributed by atoms with Crippen LogP contribution in [0, 0.1) is 5.82 Å². The number of rotatable bonds is 5. The number of ether oxygens (including phenoxy) is 2. The lowest BCUT2D eigenvalue weighted by Gasteiger charge is -2.14. The van der Waals surface area contributed by atoms with Gasteiger partial charge in [-0.1, -0.05) is 18.7 Å². The van der Waals surface area contributed by atoms with Crippen molar-refractivity contribution in [1.29, 1.82) is 0 Å². The topological polar surface area (TPSA) is 53.4 Å². The third kappa shape index (κ3) is 3.69. The first-order valence-corrected chi connectivity index (χ1v) is 10.4. The third-order valence-electron chi connectivity index (χ3n) is 4.24. The summed E-state index contributed by atoms with van der Waals surface area (Å²) in [4.78, 5) is 18.5. The lowest BCUT2D eigenvalue weighted by atomic mass is 10.2. The maximum Gasteiger partial charge on any atom is 0.272 e. The number of nitrogens with zero attached hydrogens (tertiary/aromatic N) is 2. The van der Waals surface area contributed by atoms with Crippen molar-refractivity contribution in [2.24, 2.45) is 0 Å². The van der Waals surface area contributed by atoms with Crippen LogP contribution in [-0.4, -0.2) is 40.1 Å². The first-order valence-electron chi connectivity index (χ1n) is 8.56. The van der Waals surface area contributed by atoms with E-state index in [1.165, 1.54) is 23.9 Å². The number of thioether (sulfide) groups is 2. The van der Waals surface area contributed by atoms with E-state index < -0.39 is 0 Å². The first-order chi connectivity index (χ1) is 12.6. The summed E-state index contributed by atoms with van der Waals surface area (Å²) < 4.78 is 25.8. The van der Waals surface area contributed by atoms with Crippen molar-refractivity contribution >= 4 is 23.5 Å². The van der Waals surface area contributed by atoms with Gasteiger partial charge in [-0.3, -0.25) is 9.36 Å². The van der Waals surface area contributed by atoms with Crippen LogP contribution in [0.15, 0.2) is 39.1 Å². The molecule has 8 heteroatoms. The lowest BCUT2D eigenvalue weighted by Crippen LogP contribution is -2.24. The summed E-state index contributed by atoms with van der Waals surface area (Å²) in [5.41, 5.74) is 1.41. The Morgan fingerprint density at radius 3 is 2.77 bits per heavy atom. The predicted molar refractivity (Wildman–Crippen MR) is 99.8 cm³/mol. The molecule has 26 heavy (non-hydrogen) atoms. The molecule has 0 aliphatic carbocycles. The predicted octanol–water partition coefficient (Wildman–Crippen LogP) is 3.26. The summed E-state index contributed by atoms with van der Waals surface area (Å²) in [6.45, 7) is 3.35. The van der Waals surface area contributed by atoms with Crippen molar-refractivity contribution in [1.82, 2.24) is 9.55 Å². The highest BCUT2D eigenvalue weighted by molar-refractivity contribution is 8.00. The van der Waals surface area contributed by atoms with E-state index >= 15 is 0 Å². The maximum absolute atomic E-state index is 13.3. The molecule has 0 spiro atoms. The Morgan fingerprint density at radius 1 is 1.31 bits per heavy atom. The first kappa shape index (κ1) is 18.0. The van der Waals surface area contributed by atoms with E-state index in [0.717, 1.165) is 24.3 Å². The average molecular weight is 394 g/mol. The smallest absolute Gasteiger partial charge is 0.272 e. The lowest BCUT2D eigenvalue weighted by molar-refractivity contribution is -0.0421. The Hall–Kier alpha value is -1.35. The minimum absolute atomic E-state index is 0.0770. The van der Waals surface area contributed by atoms with E-state index in [1.54, 1.807) is 28.5 Å². The number of hydrogen-bond acceptors (Lipinski definition) is 6. The second-order valence-corrected chi connectivity index (χ2v) is 8.74. The molecule has 1 aromatic heterocycles. The van der Waals surface area contributed by atoms with Gasteiger partial charge >= 0.3 is 0 Å². The second-order valence-electron chi connectivity index (χ2n) is 6.23. The molecule has 2 aliphatic rings.